The second-order valence-corrected chi connectivity index (χ2v) is 7.17. The quantitative estimate of drug-likeness (QED) is 0.909. The van der Waals surface area contributed by atoms with E-state index < -0.39 is 0 Å². The van der Waals surface area contributed by atoms with Crippen molar-refractivity contribution in [1.82, 2.24) is 9.47 Å². The van der Waals surface area contributed by atoms with E-state index in [1.807, 2.05) is 0 Å². The van der Waals surface area contributed by atoms with Crippen molar-refractivity contribution in [3.05, 3.63) is 23.0 Å². The van der Waals surface area contributed by atoms with Crippen LogP contribution in [0.1, 0.15) is 50.2 Å². The Morgan fingerprint density at radius 1 is 1.47 bits per heavy atom. The maximum atomic E-state index is 10.4. The molecule has 0 saturated carbocycles. The van der Waals surface area contributed by atoms with Crippen LogP contribution in [-0.2, 0) is 13.0 Å². The van der Waals surface area contributed by atoms with Crippen LogP contribution < -0.4 is 0 Å². The Kier molecular flexibility index (Phi) is 3.80. The van der Waals surface area contributed by atoms with Crippen LogP contribution in [0.15, 0.2) is 6.07 Å². The second kappa shape index (κ2) is 4.95. The van der Waals surface area contributed by atoms with Crippen LogP contribution in [0.25, 0.3) is 0 Å². The van der Waals surface area contributed by atoms with E-state index in [2.05, 4.69) is 57.3 Å². The van der Waals surface area contributed by atoms with Crippen molar-refractivity contribution in [3.8, 4) is 0 Å². The number of likely N-dealkylation sites (N-methyl/N-ethyl adjacent to an activating group) is 1. The summed E-state index contributed by atoms with van der Waals surface area (Å²) in [6.07, 6.45) is 1.63. The number of nitrogens with zero attached hydrogens (tertiary/aromatic N) is 2. The maximum absolute atomic E-state index is 10.4. The standard InChI is InChI=1S/C16H28N2O/c1-11-7-13-14(8-16(3,4)9-15(13)19)18(11)10-12(2)17(5)6/h7,12,15,19H,8-10H2,1-6H3. The molecular weight excluding hydrogens is 236 g/mol. The summed E-state index contributed by atoms with van der Waals surface area (Å²) in [6, 6.07) is 2.68. The lowest BCUT2D eigenvalue weighted by Crippen LogP contribution is -2.32. The highest BCUT2D eigenvalue weighted by Crippen LogP contribution is 2.42. The van der Waals surface area contributed by atoms with Gasteiger partial charge in [-0.15, -0.1) is 0 Å². The van der Waals surface area contributed by atoms with Crippen molar-refractivity contribution in [2.75, 3.05) is 14.1 Å². The molecule has 19 heavy (non-hydrogen) atoms. The minimum absolute atomic E-state index is 0.191. The van der Waals surface area contributed by atoms with Gasteiger partial charge in [0, 0.05) is 29.5 Å². The van der Waals surface area contributed by atoms with Gasteiger partial charge in [-0.1, -0.05) is 13.8 Å². The first kappa shape index (κ1) is 14.6. The molecule has 0 radical (unpaired) electrons. The SMILES string of the molecule is Cc1cc2c(n1CC(C)N(C)C)CC(C)(C)CC2O. The van der Waals surface area contributed by atoms with Gasteiger partial charge < -0.3 is 14.6 Å². The molecule has 0 saturated heterocycles. The van der Waals surface area contributed by atoms with Crippen molar-refractivity contribution in [2.45, 2.75) is 59.2 Å². The predicted molar refractivity (Wildman–Crippen MR) is 79.4 cm³/mol. The third-order valence-electron chi connectivity index (χ3n) is 4.53. The second-order valence-electron chi connectivity index (χ2n) is 7.17. The largest absolute Gasteiger partial charge is 0.388 e. The minimum Gasteiger partial charge on any atom is -0.388 e. The van der Waals surface area contributed by atoms with E-state index in [0.29, 0.717) is 6.04 Å². The average Bonchev–Trinajstić information content (AvgIpc) is 2.55. The Morgan fingerprint density at radius 3 is 2.68 bits per heavy atom. The van der Waals surface area contributed by atoms with Crippen LogP contribution in [0.3, 0.4) is 0 Å². The molecule has 2 unspecified atom stereocenters. The number of fused-ring (bicyclic) bond motifs is 1. The molecule has 0 aromatic carbocycles. The minimum atomic E-state index is -0.298. The summed E-state index contributed by atoms with van der Waals surface area (Å²) in [5.41, 5.74) is 3.96. The first-order valence-electron chi connectivity index (χ1n) is 7.24. The van der Waals surface area contributed by atoms with E-state index in [4.69, 9.17) is 0 Å². The number of aromatic nitrogens is 1. The zero-order valence-corrected chi connectivity index (χ0v) is 13.2. The Bertz CT molecular complexity index is 460. The summed E-state index contributed by atoms with van der Waals surface area (Å²) >= 11 is 0. The van der Waals surface area contributed by atoms with Crippen LogP contribution in [0.5, 0.6) is 0 Å². The van der Waals surface area contributed by atoms with Crippen molar-refractivity contribution < 1.29 is 5.11 Å². The summed E-state index contributed by atoms with van der Waals surface area (Å²) in [5, 5.41) is 10.4. The molecule has 1 heterocycles. The molecule has 1 aliphatic rings. The van der Waals surface area contributed by atoms with Gasteiger partial charge in [0.15, 0.2) is 0 Å². The first-order valence-corrected chi connectivity index (χ1v) is 7.24. The molecule has 0 aliphatic heterocycles. The Hall–Kier alpha value is -0.800. The molecule has 3 nitrogen and oxygen atoms in total. The van der Waals surface area contributed by atoms with E-state index in [-0.39, 0.29) is 11.5 Å². The van der Waals surface area contributed by atoms with E-state index in [1.165, 1.54) is 11.4 Å². The predicted octanol–water partition coefficient (Wildman–Crippen LogP) is 2.75. The van der Waals surface area contributed by atoms with E-state index >= 15 is 0 Å². The molecule has 2 atom stereocenters. The summed E-state index contributed by atoms with van der Waals surface area (Å²) in [5.74, 6) is 0. The zero-order valence-electron chi connectivity index (χ0n) is 13.2. The monoisotopic (exact) mass is 264 g/mol. The molecule has 1 aromatic rings. The molecule has 1 aromatic heterocycles. The fourth-order valence-electron chi connectivity index (χ4n) is 3.08. The highest BCUT2D eigenvalue weighted by atomic mass is 16.3. The molecule has 0 spiro atoms. The molecule has 1 N–H and O–H groups in total. The highest BCUT2D eigenvalue weighted by Gasteiger charge is 2.34. The summed E-state index contributed by atoms with van der Waals surface area (Å²) < 4.78 is 2.41. The van der Waals surface area contributed by atoms with Gasteiger partial charge in [-0.3, -0.25) is 0 Å². The van der Waals surface area contributed by atoms with E-state index in [0.717, 1.165) is 24.9 Å². The number of hydrogen-bond acceptors (Lipinski definition) is 2. The molecule has 0 amide bonds. The number of aliphatic hydroxyl groups excluding tert-OH is 1. The van der Waals surface area contributed by atoms with Crippen molar-refractivity contribution >= 4 is 0 Å². The lowest BCUT2D eigenvalue weighted by Gasteiger charge is -2.34. The fourth-order valence-corrected chi connectivity index (χ4v) is 3.08. The van der Waals surface area contributed by atoms with Gasteiger partial charge in [-0.05, 0) is 52.3 Å². The molecule has 2 rings (SSSR count). The number of hydrogen-bond donors (Lipinski definition) is 1. The fraction of sp³-hybridized carbons (Fsp3) is 0.750. The Labute approximate surface area is 117 Å². The van der Waals surface area contributed by atoms with Crippen LogP contribution in [0, 0.1) is 12.3 Å². The van der Waals surface area contributed by atoms with Crippen molar-refractivity contribution in [2.24, 2.45) is 5.41 Å². The lowest BCUT2D eigenvalue weighted by atomic mass is 9.75. The number of aryl methyl sites for hydroxylation is 1. The van der Waals surface area contributed by atoms with Gasteiger partial charge in [0.25, 0.3) is 0 Å². The van der Waals surface area contributed by atoms with Crippen LogP contribution >= 0.6 is 0 Å². The summed E-state index contributed by atoms with van der Waals surface area (Å²) in [6.45, 7) is 9.90. The normalized spacial score (nSPS) is 23.5. The summed E-state index contributed by atoms with van der Waals surface area (Å²) in [7, 11) is 4.24. The van der Waals surface area contributed by atoms with Crippen molar-refractivity contribution in [1.29, 1.82) is 0 Å². The van der Waals surface area contributed by atoms with Gasteiger partial charge in [0.2, 0.25) is 0 Å². The third kappa shape index (κ3) is 2.87. The molecule has 1 aliphatic carbocycles. The molecular formula is C16H28N2O. The molecule has 0 fully saturated rings. The summed E-state index contributed by atoms with van der Waals surface area (Å²) in [4.78, 5) is 2.25. The zero-order chi connectivity index (χ0) is 14.4. The molecule has 108 valence electrons. The molecule has 3 heteroatoms. The van der Waals surface area contributed by atoms with Crippen LogP contribution in [-0.4, -0.2) is 34.7 Å². The smallest absolute Gasteiger partial charge is 0.0812 e. The Balaban J connectivity index is 2.36. The Morgan fingerprint density at radius 2 is 2.11 bits per heavy atom. The van der Waals surface area contributed by atoms with E-state index in [9.17, 15) is 5.11 Å². The number of rotatable bonds is 3. The van der Waals surface area contributed by atoms with E-state index in [1.54, 1.807) is 0 Å². The third-order valence-corrected chi connectivity index (χ3v) is 4.53. The van der Waals surface area contributed by atoms with Gasteiger partial charge in [-0.25, -0.2) is 0 Å². The highest BCUT2D eigenvalue weighted by molar-refractivity contribution is 5.33. The van der Waals surface area contributed by atoms with Crippen molar-refractivity contribution in [3.63, 3.8) is 0 Å². The lowest BCUT2D eigenvalue weighted by molar-refractivity contribution is 0.0975. The van der Waals surface area contributed by atoms with Crippen LogP contribution in [0.2, 0.25) is 0 Å². The van der Waals surface area contributed by atoms with Gasteiger partial charge in [-0.2, -0.15) is 0 Å². The van der Waals surface area contributed by atoms with Gasteiger partial charge >= 0.3 is 0 Å². The number of aliphatic hydroxyl groups is 1. The topological polar surface area (TPSA) is 28.4 Å². The molecule has 0 bridgehead atoms. The first-order chi connectivity index (χ1) is 8.71. The average molecular weight is 264 g/mol. The maximum Gasteiger partial charge on any atom is 0.0812 e. The van der Waals surface area contributed by atoms with Gasteiger partial charge in [0.05, 0.1) is 6.10 Å². The van der Waals surface area contributed by atoms with Gasteiger partial charge in [0.1, 0.15) is 0 Å². The van der Waals surface area contributed by atoms with Crippen LogP contribution in [0.4, 0.5) is 0 Å².